The van der Waals surface area contributed by atoms with Crippen molar-refractivity contribution in [2.24, 2.45) is 0 Å². The van der Waals surface area contributed by atoms with Gasteiger partial charge in [0.15, 0.2) is 0 Å². The van der Waals surface area contributed by atoms with Crippen LogP contribution in [0.15, 0.2) is 78.9 Å². The van der Waals surface area contributed by atoms with Gasteiger partial charge in [-0.25, -0.2) is 4.79 Å². The molecule has 0 N–H and O–H groups in total. The van der Waals surface area contributed by atoms with Gasteiger partial charge in [0, 0.05) is 0 Å². The van der Waals surface area contributed by atoms with Crippen LogP contribution in [0.5, 0.6) is 0 Å². The molecule has 0 heterocycles. The molecule has 0 aliphatic carbocycles. The average Bonchev–Trinajstić information content (AvgIpc) is 2.63. The fraction of sp³-hybridized carbons (Fsp3) is 0.136. The van der Waals surface area contributed by atoms with E-state index < -0.39 is 0 Å². The Morgan fingerprint density at radius 1 is 0.667 bits per heavy atom. The number of benzene rings is 3. The molecular formula is C22H22O2. The lowest BCUT2D eigenvalue weighted by atomic mass is 9.97. The summed E-state index contributed by atoms with van der Waals surface area (Å²) in [5.74, 6) is -0.291. The first-order chi connectivity index (χ1) is 11.6. The number of hydrogen-bond donors (Lipinski definition) is 0. The lowest BCUT2D eigenvalue weighted by molar-refractivity contribution is 0.0600. The predicted molar refractivity (Wildman–Crippen MR) is 99.1 cm³/mol. The number of carbonyl (C=O) groups is 1. The monoisotopic (exact) mass is 318 g/mol. The molecule has 122 valence electrons. The molecule has 3 aromatic rings. The molecule has 0 amide bonds. The zero-order valence-electron chi connectivity index (χ0n) is 14.3. The second-order valence-corrected chi connectivity index (χ2v) is 5.49. The van der Waals surface area contributed by atoms with Crippen molar-refractivity contribution in [3.05, 3.63) is 95.6 Å². The summed E-state index contributed by atoms with van der Waals surface area (Å²) < 4.78 is 4.50. The molecule has 0 aromatic heterocycles. The Balaban J connectivity index is 0.000000185. The normalized spacial score (nSPS) is 9.62. The minimum absolute atomic E-state index is 0.291. The van der Waals surface area contributed by atoms with Gasteiger partial charge in [0.05, 0.1) is 12.7 Å². The number of methoxy groups -OCH3 is 1. The Hall–Kier alpha value is -2.87. The summed E-state index contributed by atoms with van der Waals surface area (Å²) in [4.78, 5) is 10.8. The van der Waals surface area contributed by atoms with Gasteiger partial charge in [0.1, 0.15) is 0 Å². The van der Waals surface area contributed by atoms with Crippen molar-refractivity contribution >= 4 is 5.97 Å². The SMILES string of the molecule is COC(=O)c1ccccc1.Cc1ccccc1-c1ccccc1C. The highest BCUT2D eigenvalue weighted by Crippen LogP contribution is 2.25. The van der Waals surface area contributed by atoms with Gasteiger partial charge in [0.25, 0.3) is 0 Å². The number of aryl methyl sites for hydroxylation is 2. The molecule has 0 saturated carbocycles. The zero-order chi connectivity index (χ0) is 17.4. The van der Waals surface area contributed by atoms with Crippen LogP contribution < -0.4 is 0 Å². The molecule has 0 saturated heterocycles. The van der Waals surface area contributed by atoms with Crippen molar-refractivity contribution in [3.63, 3.8) is 0 Å². The minimum Gasteiger partial charge on any atom is -0.465 e. The maximum atomic E-state index is 10.8. The second-order valence-electron chi connectivity index (χ2n) is 5.49. The molecule has 0 aliphatic heterocycles. The van der Waals surface area contributed by atoms with Crippen LogP contribution in [0.2, 0.25) is 0 Å². The Kier molecular flexibility index (Phi) is 6.32. The molecule has 0 fully saturated rings. The van der Waals surface area contributed by atoms with Crippen molar-refractivity contribution in [3.8, 4) is 11.1 Å². The highest BCUT2D eigenvalue weighted by atomic mass is 16.5. The van der Waals surface area contributed by atoms with E-state index in [1.54, 1.807) is 24.3 Å². The molecule has 0 aliphatic rings. The van der Waals surface area contributed by atoms with Crippen LogP contribution in [-0.2, 0) is 4.74 Å². The van der Waals surface area contributed by atoms with Crippen molar-refractivity contribution in [1.82, 2.24) is 0 Å². The highest BCUT2D eigenvalue weighted by Gasteiger charge is 2.02. The predicted octanol–water partition coefficient (Wildman–Crippen LogP) is 5.44. The topological polar surface area (TPSA) is 26.3 Å². The largest absolute Gasteiger partial charge is 0.465 e. The molecule has 0 spiro atoms. The molecule has 2 nitrogen and oxygen atoms in total. The summed E-state index contributed by atoms with van der Waals surface area (Å²) >= 11 is 0. The summed E-state index contributed by atoms with van der Waals surface area (Å²) in [6.45, 7) is 4.31. The number of carbonyl (C=O) groups excluding carboxylic acids is 1. The standard InChI is InChI=1S/C14H14.C8H8O2/c1-11-7-3-5-9-13(11)14-10-6-4-8-12(14)2;1-10-8(9)7-5-3-2-4-6-7/h3-10H,1-2H3;2-6H,1H3. The number of esters is 1. The van der Waals surface area contributed by atoms with Crippen LogP contribution in [0.3, 0.4) is 0 Å². The van der Waals surface area contributed by atoms with E-state index in [2.05, 4.69) is 67.1 Å². The highest BCUT2D eigenvalue weighted by molar-refractivity contribution is 5.89. The molecule has 3 aromatic carbocycles. The van der Waals surface area contributed by atoms with Crippen molar-refractivity contribution in [1.29, 1.82) is 0 Å². The Bertz CT molecular complexity index is 748. The van der Waals surface area contributed by atoms with E-state index in [1.807, 2.05) is 6.07 Å². The van der Waals surface area contributed by atoms with Gasteiger partial charge < -0.3 is 4.74 Å². The van der Waals surface area contributed by atoms with Crippen LogP contribution in [-0.4, -0.2) is 13.1 Å². The molecule has 0 unspecified atom stereocenters. The summed E-state index contributed by atoms with van der Waals surface area (Å²) in [5.41, 5.74) is 5.94. The maximum absolute atomic E-state index is 10.8. The van der Waals surface area contributed by atoms with E-state index >= 15 is 0 Å². The lowest BCUT2D eigenvalue weighted by Crippen LogP contribution is -1.99. The van der Waals surface area contributed by atoms with E-state index in [0.29, 0.717) is 5.56 Å². The van der Waals surface area contributed by atoms with Crippen LogP contribution >= 0.6 is 0 Å². The first-order valence-corrected chi connectivity index (χ1v) is 7.88. The summed E-state index contributed by atoms with van der Waals surface area (Å²) in [6, 6.07) is 25.9. The van der Waals surface area contributed by atoms with Gasteiger partial charge in [-0.2, -0.15) is 0 Å². The van der Waals surface area contributed by atoms with Crippen LogP contribution in [0.4, 0.5) is 0 Å². The van der Waals surface area contributed by atoms with Gasteiger partial charge in [-0.1, -0.05) is 66.7 Å². The smallest absolute Gasteiger partial charge is 0.337 e. The lowest BCUT2D eigenvalue weighted by Gasteiger charge is -2.08. The fourth-order valence-electron chi connectivity index (χ4n) is 2.44. The molecule has 0 bridgehead atoms. The van der Waals surface area contributed by atoms with E-state index in [1.165, 1.54) is 29.4 Å². The van der Waals surface area contributed by atoms with Crippen molar-refractivity contribution in [2.45, 2.75) is 13.8 Å². The van der Waals surface area contributed by atoms with Crippen LogP contribution in [0, 0.1) is 13.8 Å². The van der Waals surface area contributed by atoms with Crippen molar-refractivity contribution < 1.29 is 9.53 Å². The molecule has 0 radical (unpaired) electrons. The van der Waals surface area contributed by atoms with Crippen LogP contribution in [0.25, 0.3) is 11.1 Å². The maximum Gasteiger partial charge on any atom is 0.337 e. The van der Waals surface area contributed by atoms with E-state index in [0.717, 1.165) is 0 Å². The Labute approximate surface area is 143 Å². The zero-order valence-corrected chi connectivity index (χ0v) is 14.3. The third-order valence-corrected chi connectivity index (χ3v) is 3.78. The van der Waals surface area contributed by atoms with Gasteiger partial charge in [-0.05, 0) is 48.2 Å². The van der Waals surface area contributed by atoms with Crippen LogP contribution in [0.1, 0.15) is 21.5 Å². The van der Waals surface area contributed by atoms with E-state index in [4.69, 9.17) is 0 Å². The van der Waals surface area contributed by atoms with Crippen molar-refractivity contribution in [2.75, 3.05) is 7.11 Å². The summed E-state index contributed by atoms with van der Waals surface area (Å²) in [5, 5.41) is 0. The Morgan fingerprint density at radius 2 is 1.08 bits per heavy atom. The average molecular weight is 318 g/mol. The van der Waals surface area contributed by atoms with Gasteiger partial charge in [-0.3, -0.25) is 0 Å². The second kappa shape index (κ2) is 8.68. The molecular weight excluding hydrogens is 296 g/mol. The quantitative estimate of drug-likeness (QED) is 0.588. The van der Waals surface area contributed by atoms with Gasteiger partial charge >= 0.3 is 5.97 Å². The number of ether oxygens (including phenoxy) is 1. The summed E-state index contributed by atoms with van der Waals surface area (Å²) in [7, 11) is 1.37. The Morgan fingerprint density at radius 3 is 1.50 bits per heavy atom. The first kappa shape index (κ1) is 17.5. The van der Waals surface area contributed by atoms with E-state index in [-0.39, 0.29) is 5.97 Å². The third-order valence-electron chi connectivity index (χ3n) is 3.78. The minimum atomic E-state index is -0.291. The van der Waals surface area contributed by atoms with E-state index in [9.17, 15) is 4.79 Å². The van der Waals surface area contributed by atoms with Gasteiger partial charge in [0.2, 0.25) is 0 Å². The summed E-state index contributed by atoms with van der Waals surface area (Å²) in [6.07, 6.45) is 0. The molecule has 3 rings (SSSR count). The molecule has 2 heteroatoms. The molecule has 0 atom stereocenters. The van der Waals surface area contributed by atoms with Gasteiger partial charge in [-0.15, -0.1) is 0 Å². The first-order valence-electron chi connectivity index (χ1n) is 7.88. The number of rotatable bonds is 2. The fourth-order valence-corrected chi connectivity index (χ4v) is 2.44. The molecule has 24 heavy (non-hydrogen) atoms. The third kappa shape index (κ3) is 4.56. The number of hydrogen-bond acceptors (Lipinski definition) is 2.